The number of benzene rings is 1. The van der Waals surface area contributed by atoms with E-state index in [0.29, 0.717) is 22.9 Å². The molecule has 1 aliphatic rings. The highest BCUT2D eigenvalue weighted by Gasteiger charge is 2.15. The highest BCUT2D eigenvalue weighted by atomic mass is 32.2. The third kappa shape index (κ3) is 3.97. The molecule has 1 aromatic rings. The number of ether oxygens (including phenoxy) is 3. The van der Waals surface area contributed by atoms with E-state index in [-0.39, 0.29) is 11.7 Å². The van der Waals surface area contributed by atoms with Crippen molar-refractivity contribution >= 4 is 28.5 Å². The van der Waals surface area contributed by atoms with Crippen LogP contribution in [0, 0.1) is 0 Å². The molecule has 0 aromatic heterocycles. The Morgan fingerprint density at radius 2 is 1.95 bits per heavy atom. The number of hydrogen-bond acceptors (Lipinski definition) is 7. The van der Waals surface area contributed by atoms with Crippen molar-refractivity contribution in [3.8, 4) is 17.2 Å². The molecular formula is C14H19N3O4S. The minimum Gasteiger partial charge on any atom is -0.493 e. The van der Waals surface area contributed by atoms with Crippen molar-refractivity contribution in [2.75, 3.05) is 45.5 Å². The summed E-state index contributed by atoms with van der Waals surface area (Å²) in [6.45, 7) is 1.59. The van der Waals surface area contributed by atoms with Gasteiger partial charge < -0.3 is 24.8 Å². The summed E-state index contributed by atoms with van der Waals surface area (Å²) in [5.74, 6) is 1.62. The van der Waals surface area contributed by atoms with Crippen LogP contribution >= 0.6 is 11.8 Å². The molecule has 0 fully saturated rings. The van der Waals surface area contributed by atoms with Crippen LogP contribution in [0.3, 0.4) is 0 Å². The van der Waals surface area contributed by atoms with Gasteiger partial charge in [-0.3, -0.25) is 9.79 Å². The number of aliphatic imine (C=N–C) groups is 1. The fraction of sp³-hybridized carbons (Fsp3) is 0.429. The van der Waals surface area contributed by atoms with Gasteiger partial charge in [0.25, 0.3) is 0 Å². The van der Waals surface area contributed by atoms with Gasteiger partial charge in [-0.25, -0.2) is 0 Å². The number of amides is 1. The standard InChI is InChI=1S/C14H19N3O4S/c1-19-10-6-9(7-11(20-2)13(10)21-3)17-12(18)8-22-14-15-4-5-16-14/h6-7H,4-5,8H2,1-3H3,(H,15,16)(H,17,18). The van der Waals surface area contributed by atoms with E-state index in [0.717, 1.165) is 18.3 Å². The zero-order valence-corrected chi connectivity index (χ0v) is 13.6. The van der Waals surface area contributed by atoms with E-state index < -0.39 is 0 Å². The molecule has 0 unspecified atom stereocenters. The van der Waals surface area contributed by atoms with Gasteiger partial charge in [-0.05, 0) is 0 Å². The lowest BCUT2D eigenvalue weighted by Crippen LogP contribution is -2.20. The summed E-state index contributed by atoms with van der Waals surface area (Å²) in [7, 11) is 4.59. The third-order valence-electron chi connectivity index (χ3n) is 2.93. The topological polar surface area (TPSA) is 81.2 Å². The van der Waals surface area contributed by atoms with Crippen LogP contribution in [0.1, 0.15) is 0 Å². The Morgan fingerprint density at radius 1 is 1.27 bits per heavy atom. The van der Waals surface area contributed by atoms with E-state index >= 15 is 0 Å². The van der Waals surface area contributed by atoms with Gasteiger partial charge in [0.15, 0.2) is 16.7 Å². The third-order valence-corrected chi connectivity index (χ3v) is 3.89. The molecule has 8 heteroatoms. The van der Waals surface area contributed by atoms with Crippen LogP contribution in [0.25, 0.3) is 0 Å². The summed E-state index contributed by atoms with van der Waals surface area (Å²) in [6, 6.07) is 3.38. The molecule has 0 bridgehead atoms. The first-order valence-electron chi connectivity index (χ1n) is 6.69. The van der Waals surface area contributed by atoms with Crippen LogP contribution < -0.4 is 24.8 Å². The van der Waals surface area contributed by atoms with E-state index in [1.807, 2.05) is 0 Å². The summed E-state index contributed by atoms with van der Waals surface area (Å²) in [5.41, 5.74) is 0.585. The number of thioether (sulfide) groups is 1. The number of anilines is 1. The first kappa shape index (κ1) is 16.3. The second-order valence-corrected chi connectivity index (χ2v) is 5.33. The Balaban J connectivity index is 2.03. The highest BCUT2D eigenvalue weighted by Crippen LogP contribution is 2.39. The molecule has 1 heterocycles. The van der Waals surface area contributed by atoms with Crippen molar-refractivity contribution in [2.24, 2.45) is 4.99 Å². The molecule has 0 atom stereocenters. The molecule has 0 spiro atoms. The summed E-state index contributed by atoms with van der Waals surface area (Å²) in [4.78, 5) is 16.2. The van der Waals surface area contributed by atoms with E-state index in [1.54, 1.807) is 12.1 Å². The normalized spacial score (nSPS) is 13.1. The first-order chi connectivity index (χ1) is 10.7. The fourth-order valence-electron chi connectivity index (χ4n) is 1.96. The Kier molecular flexibility index (Phi) is 5.76. The number of carbonyl (C=O) groups is 1. The van der Waals surface area contributed by atoms with E-state index in [4.69, 9.17) is 14.2 Å². The van der Waals surface area contributed by atoms with Gasteiger partial charge in [-0.15, -0.1) is 0 Å². The molecule has 2 N–H and O–H groups in total. The molecule has 0 aliphatic carbocycles. The van der Waals surface area contributed by atoms with Crippen LogP contribution in [-0.4, -0.2) is 51.2 Å². The summed E-state index contributed by atoms with van der Waals surface area (Å²) >= 11 is 1.38. The molecule has 1 aliphatic heterocycles. The van der Waals surface area contributed by atoms with Crippen LogP contribution in [0.2, 0.25) is 0 Å². The summed E-state index contributed by atoms with van der Waals surface area (Å²) in [6.07, 6.45) is 0. The van der Waals surface area contributed by atoms with Crippen LogP contribution in [0.5, 0.6) is 17.2 Å². The Bertz CT molecular complexity index is 552. The Labute approximate surface area is 133 Å². The monoisotopic (exact) mass is 325 g/mol. The lowest BCUT2D eigenvalue weighted by molar-refractivity contribution is -0.113. The maximum Gasteiger partial charge on any atom is 0.234 e. The number of nitrogens with zero attached hydrogens (tertiary/aromatic N) is 1. The number of rotatable bonds is 6. The zero-order valence-electron chi connectivity index (χ0n) is 12.8. The number of carbonyl (C=O) groups excluding carboxylic acids is 1. The van der Waals surface area contributed by atoms with Crippen molar-refractivity contribution < 1.29 is 19.0 Å². The average molecular weight is 325 g/mol. The quantitative estimate of drug-likeness (QED) is 0.821. The Morgan fingerprint density at radius 3 is 2.45 bits per heavy atom. The second kappa shape index (κ2) is 7.79. The van der Waals surface area contributed by atoms with E-state index in [9.17, 15) is 4.79 Å². The van der Waals surface area contributed by atoms with E-state index in [1.165, 1.54) is 33.1 Å². The average Bonchev–Trinajstić information content (AvgIpc) is 3.05. The number of amidine groups is 1. The second-order valence-electron chi connectivity index (χ2n) is 4.36. The minimum atomic E-state index is -0.129. The summed E-state index contributed by atoms with van der Waals surface area (Å²) in [5, 5.41) is 6.72. The van der Waals surface area contributed by atoms with Crippen molar-refractivity contribution in [1.82, 2.24) is 5.32 Å². The zero-order chi connectivity index (χ0) is 15.9. The molecule has 7 nitrogen and oxygen atoms in total. The van der Waals surface area contributed by atoms with Crippen molar-refractivity contribution in [3.05, 3.63) is 12.1 Å². The van der Waals surface area contributed by atoms with Gasteiger partial charge in [0.1, 0.15) is 0 Å². The van der Waals surface area contributed by atoms with Gasteiger partial charge in [0, 0.05) is 24.4 Å². The lowest BCUT2D eigenvalue weighted by atomic mass is 10.2. The number of nitrogens with one attached hydrogen (secondary N) is 2. The number of methoxy groups -OCH3 is 3. The highest BCUT2D eigenvalue weighted by molar-refractivity contribution is 8.14. The van der Waals surface area contributed by atoms with Crippen molar-refractivity contribution in [3.63, 3.8) is 0 Å². The minimum absolute atomic E-state index is 0.129. The lowest BCUT2D eigenvalue weighted by Gasteiger charge is -2.14. The molecule has 22 heavy (non-hydrogen) atoms. The molecule has 0 radical (unpaired) electrons. The van der Waals surface area contributed by atoms with Crippen molar-refractivity contribution in [2.45, 2.75) is 0 Å². The van der Waals surface area contributed by atoms with Crippen LogP contribution in [-0.2, 0) is 4.79 Å². The van der Waals surface area contributed by atoms with Gasteiger partial charge in [-0.1, -0.05) is 11.8 Å². The maximum absolute atomic E-state index is 12.0. The Hall–Kier alpha value is -2.09. The smallest absolute Gasteiger partial charge is 0.234 e. The fourth-order valence-corrected chi connectivity index (χ4v) is 2.68. The van der Waals surface area contributed by atoms with Crippen molar-refractivity contribution in [1.29, 1.82) is 0 Å². The van der Waals surface area contributed by atoms with Gasteiger partial charge in [-0.2, -0.15) is 0 Å². The molecule has 0 saturated heterocycles. The van der Waals surface area contributed by atoms with Gasteiger partial charge in [0.05, 0.1) is 33.6 Å². The predicted molar refractivity (Wildman–Crippen MR) is 87.5 cm³/mol. The predicted octanol–water partition coefficient (Wildman–Crippen LogP) is 1.34. The molecular weight excluding hydrogens is 306 g/mol. The first-order valence-corrected chi connectivity index (χ1v) is 7.67. The number of hydrogen-bond donors (Lipinski definition) is 2. The van der Waals surface area contributed by atoms with Crippen LogP contribution in [0.15, 0.2) is 17.1 Å². The van der Waals surface area contributed by atoms with Gasteiger partial charge in [0.2, 0.25) is 11.7 Å². The van der Waals surface area contributed by atoms with Gasteiger partial charge >= 0.3 is 0 Å². The molecule has 120 valence electrons. The summed E-state index contributed by atoms with van der Waals surface area (Å²) < 4.78 is 15.7. The molecule has 1 amide bonds. The SMILES string of the molecule is COc1cc(NC(=O)CSC2=NCCN2)cc(OC)c1OC. The molecule has 1 aromatic carbocycles. The maximum atomic E-state index is 12.0. The molecule has 2 rings (SSSR count). The van der Waals surface area contributed by atoms with E-state index in [2.05, 4.69) is 15.6 Å². The van der Waals surface area contributed by atoms with Crippen LogP contribution in [0.4, 0.5) is 5.69 Å². The molecule has 0 saturated carbocycles. The largest absolute Gasteiger partial charge is 0.493 e.